The highest BCUT2D eigenvalue weighted by Crippen LogP contribution is 2.44. The molecule has 4 fully saturated rings. The summed E-state index contributed by atoms with van der Waals surface area (Å²) >= 11 is 6.50. The van der Waals surface area contributed by atoms with Crippen molar-refractivity contribution in [3.8, 4) is 17.1 Å². The van der Waals surface area contributed by atoms with E-state index in [0.29, 0.717) is 41.7 Å². The zero-order valence-electron chi connectivity index (χ0n) is 24.7. The molecule has 0 saturated carbocycles. The lowest BCUT2D eigenvalue weighted by atomic mass is 9.95. The number of carbonyl (C=O) groups excluding carboxylic acids is 1. The number of alkyl halides is 1. The third kappa shape index (κ3) is 4.44. The van der Waals surface area contributed by atoms with Crippen LogP contribution in [0, 0.1) is 11.6 Å². The topological polar surface area (TPSA) is 74.7 Å². The average molecular weight is 653 g/mol. The van der Waals surface area contributed by atoms with Gasteiger partial charge in [0.15, 0.2) is 11.6 Å². The van der Waals surface area contributed by atoms with E-state index < -0.39 is 35.1 Å². The Morgan fingerprint density at radius 3 is 2.83 bits per heavy atom. The molecule has 2 aromatic heterocycles. The highest BCUT2D eigenvalue weighted by atomic mass is 35.5. The van der Waals surface area contributed by atoms with Crippen LogP contribution in [0.1, 0.15) is 25.7 Å². The molecular weight excluding hydrogens is 624 g/mol. The zero-order valence-corrected chi connectivity index (χ0v) is 25.4. The van der Waals surface area contributed by atoms with Crippen molar-refractivity contribution in [3.63, 3.8) is 0 Å². The van der Waals surface area contributed by atoms with E-state index in [9.17, 15) is 13.6 Å². The third-order valence-corrected chi connectivity index (χ3v) is 10.4. The molecule has 238 valence electrons. The van der Waals surface area contributed by atoms with Crippen LogP contribution in [0.2, 0.25) is 5.02 Å². The molecule has 4 aliphatic rings. The number of hydrogen-bond acceptors (Lipinski definition) is 7. The maximum atomic E-state index is 16.7. The standard InChI is InChI=1S/C33H29ClF4N6O2/c1-17(35)31(45)43-9-6-24-25(43)15-44(24)30-20-10-23(37)27(21-13-39-12-18-4-2-5-22(34)26(18)21)28(38)29(20)40-32(41-30)46-16-33-7-3-8-42(33)14-19(36)11-33/h2,4-5,10,12-13,19,24-25H,1,3,6-9,11,14-16H2/t19-,24-,25-,33+/m1/s1. The van der Waals surface area contributed by atoms with Gasteiger partial charge in [0.05, 0.1) is 23.2 Å². The molecular formula is C33H29ClF4N6O2. The third-order valence-electron chi connectivity index (χ3n) is 10.1. The minimum absolute atomic E-state index is 0.115. The normalized spacial score (nSPS) is 25.6. The van der Waals surface area contributed by atoms with Gasteiger partial charge in [-0.1, -0.05) is 30.3 Å². The maximum absolute atomic E-state index is 16.7. The molecule has 13 heteroatoms. The van der Waals surface area contributed by atoms with Crippen LogP contribution in [0.25, 0.3) is 32.8 Å². The van der Waals surface area contributed by atoms with Crippen LogP contribution in [0.15, 0.2) is 49.1 Å². The van der Waals surface area contributed by atoms with Gasteiger partial charge in [-0.15, -0.1) is 0 Å². The first-order valence-corrected chi connectivity index (χ1v) is 15.7. The summed E-state index contributed by atoms with van der Waals surface area (Å²) in [4.78, 5) is 31.1. The van der Waals surface area contributed by atoms with E-state index in [1.165, 1.54) is 17.2 Å². The van der Waals surface area contributed by atoms with Crippen molar-refractivity contribution in [2.24, 2.45) is 0 Å². The van der Waals surface area contributed by atoms with Crippen LogP contribution < -0.4 is 9.64 Å². The monoisotopic (exact) mass is 652 g/mol. The molecule has 0 radical (unpaired) electrons. The first-order valence-electron chi connectivity index (χ1n) is 15.3. The fourth-order valence-corrected chi connectivity index (χ4v) is 8.27. The van der Waals surface area contributed by atoms with Gasteiger partial charge in [0.2, 0.25) is 0 Å². The first-order chi connectivity index (χ1) is 22.1. The van der Waals surface area contributed by atoms with Gasteiger partial charge in [-0.25, -0.2) is 17.6 Å². The molecule has 0 unspecified atom stereocenters. The fourth-order valence-electron chi connectivity index (χ4n) is 7.99. The van der Waals surface area contributed by atoms with Crippen molar-refractivity contribution in [1.29, 1.82) is 0 Å². The molecule has 4 aromatic rings. The second kappa shape index (κ2) is 10.8. The van der Waals surface area contributed by atoms with E-state index >= 15 is 8.78 Å². The van der Waals surface area contributed by atoms with Crippen LogP contribution in [0.3, 0.4) is 0 Å². The summed E-state index contributed by atoms with van der Waals surface area (Å²) in [5.41, 5.74) is -0.837. The molecule has 0 bridgehead atoms. The zero-order chi connectivity index (χ0) is 31.9. The summed E-state index contributed by atoms with van der Waals surface area (Å²) in [5.74, 6) is -3.35. The van der Waals surface area contributed by atoms with Crippen molar-refractivity contribution < 1.29 is 27.1 Å². The van der Waals surface area contributed by atoms with Gasteiger partial charge >= 0.3 is 6.01 Å². The highest BCUT2D eigenvalue weighted by molar-refractivity contribution is 6.36. The molecule has 6 heterocycles. The van der Waals surface area contributed by atoms with E-state index in [1.54, 1.807) is 24.4 Å². The van der Waals surface area contributed by atoms with Crippen molar-refractivity contribution >= 4 is 45.0 Å². The second-order valence-corrected chi connectivity index (χ2v) is 13.0. The van der Waals surface area contributed by atoms with Gasteiger partial charge in [0.1, 0.15) is 29.9 Å². The van der Waals surface area contributed by atoms with Crippen LogP contribution in [0.4, 0.5) is 23.4 Å². The number of amides is 1. The van der Waals surface area contributed by atoms with E-state index in [4.69, 9.17) is 16.3 Å². The summed E-state index contributed by atoms with van der Waals surface area (Å²) in [5, 5.41) is 1.49. The van der Waals surface area contributed by atoms with Gasteiger partial charge in [-0.2, -0.15) is 9.97 Å². The summed E-state index contributed by atoms with van der Waals surface area (Å²) in [6, 6.07) is 5.63. The molecule has 4 saturated heterocycles. The van der Waals surface area contributed by atoms with Crippen molar-refractivity contribution in [2.45, 2.75) is 49.5 Å². The highest BCUT2D eigenvalue weighted by Gasteiger charge is 2.51. The van der Waals surface area contributed by atoms with Gasteiger partial charge in [0, 0.05) is 65.2 Å². The van der Waals surface area contributed by atoms with Gasteiger partial charge in [-0.05, 0) is 37.9 Å². The number of hydrogen-bond donors (Lipinski definition) is 0. The van der Waals surface area contributed by atoms with Gasteiger partial charge in [0.25, 0.3) is 5.91 Å². The number of aromatic nitrogens is 3. The molecule has 1 amide bonds. The number of halogens is 5. The van der Waals surface area contributed by atoms with Crippen LogP contribution in [0.5, 0.6) is 6.01 Å². The predicted octanol–water partition coefficient (Wildman–Crippen LogP) is 6.00. The minimum Gasteiger partial charge on any atom is -0.461 e. The lowest BCUT2D eigenvalue weighted by Gasteiger charge is -2.47. The molecule has 0 aliphatic carbocycles. The van der Waals surface area contributed by atoms with Crippen molar-refractivity contribution in [2.75, 3.05) is 37.7 Å². The Kier molecular flexibility index (Phi) is 6.88. The van der Waals surface area contributed by atoms with E-state index in [0.717, 1.165) is 19.4 Å². The lowest BCUT2D eigenvalue weighted by Crippen LogP contribution is -2.63. The largest absolute Gasteiger partial charge is 0.461 e. The Morgan fingerprint density at radius 1 is 1.15 bits per heavy atom. The average Bonchev–Trinajstić information content (AvgIpc) is 3.65. The Morgan fingerprint density at radius 2 is 2.00 bits per heavy atom. The predicted molar refractivity (Wildman–Crippen MR) is 165 cm³/mol. The Hall–Kier alpha value is -4.03. The second-order valence-electron chi connectivity index (χ2n) is 12.6. The quantitative estimate of drug-likeness (QED) is 0.187. The number of likely N-dealkylation sites (tertiary alicyclic amines) is 1. The van der Waals surface area contributed by atoms with Gasteiger partial charge in [-0.3, -0.25) is 14.7 Å². The van der Waals surface area contributed by atoms with Gasteiger partial charge < -0.3 is 14.5 Å². The Balaban J connectivity index is 1.24. The van der Waals surface area contributed by atoms with Crippen LogP contribution in [-0.4, -0.2) is 87.2 Å². The number of carbonyl (C=O) groups is 1. The molecule has 8 nitrogen and oxygen atoms in total. The molecule has 8 rings (SSSR count). The minimum atomic E-state index is -1.04. The van der Waals surface area contributed by atoms with Crippen molar-refractivity contribution in [1.82, 2.24) is 24.8 Å². The summed E-state index contributed by atoms with van der Waals surface area (Å²) < 4.78 is 67.1. The molecule has 4 aliphatic heterocycles. The molecule has 4 atom stereocenters. The van der Waals surface area contributed by atoms with Crippen LogP contribution >= 0.6 is 11.6 Å². The summed E-state index contributed by atoms with van der Waals surface area (Å²) in [6.07, 6.45) is 4.47. The number of pyridine rings is 1. The summed E-state index contributed by atoms with van der Waals surface area (Å²) in [7, 11) is 0. The first kappa shape index (κ1) is 29.4. The van der Waals surface area contributed by atoms with Crippen molar-refractivity contribution in [3.05, 3.63) is 65.7 Å². The number of anilines is 1. The fraction of sp³-hybridized carbons (Fsp3) is 0.394. The molecule has 0 spiro atoms. The SMILES string of the molecule is C=C(F)C(=O)N1CC[C@@H]2[C@H]1CN2c1nc(OC[C@@]23CCCN2C[C@H](F)C3)nc2c(F)c(-c3cncc4cccc(Cl)c34)c(F)cc12. The molecule has 2 aromatic carbocycles. The number of fused-ring (bicyclic) bond motifs is 4. The Bertz CT molecular complexity index is 1940. The van der Waals surface area contributed by atoms with E-state index in [-0.39, 0.29) is 59.1 Å². The lowest BCUT2D eigenvalue weighted by molar-refractivity contribution is -0.130. The molecule has 0 N–H and O–H groups in total. The number of ether oxygens (including phenoxy) is 1. The Labute approximate surface area is 266 Å². The number of rotatable bonds is 6. The maximum Gasteiger partial charge on any atom is 0.319 e. The number of nitrogens with zero attached hydrogens (tertiary/aromatic N) is 6. The number of benzene rings is 2. The summed E-state index contributed by atoms with van der Waals surface area (Å²) in [6.45, 7) is 4.94. The molecule has 46 heavy (non-hydrogen) atoms. The van der Waals surface area contributed by atoms with Crippen LogP contribution in [-0.2, 0) is 4.79 Å². The van der Waals surface area contributed by atoms with E-state index in [1.807, 2.05) is 4.90 Å². The van der Waals surface area contributed by atoms with E-state index in [2.05, 4.69) is 26.4 Å². The smallest absolute Gasteiger partial charge is 0.319 e.